The van der Waals surface area contributed by atoms with Crippen molar-refractivity contribution in [2.75, 3.05) is 9.80 Å². The number of nitriles is 1. The molecule has 0 fully saturated rings. The van der Waals surface area contributed by atoms with Crippen LogP contribution in [-0.2, 0) is 16.2 Å². The normalized spacial score (nSPS) is 14.2. The molecular weight excluding hydrogens is 1430 g/mol. The standard InChI is InChI=1S/C112H80BN5/c1-110(2,3)76-53-57-89-90-58-54-77(111(4,5)6)66-101(90)116(100(89)65-76)79-56-60-97-103(68-79)118(109-83(73-34-15-9-16-35-73)45-29-46-84(109)74-36-17-10-18-37-74)105-64-75(80-42-27-47-91-87-40-21-25-50-95(87)112(106(80)91)93-48-23-19-38-85(93)86-39-20-24-49-94(86)112)63-104-107(105)113(97)96-59-55-78(115-98-51-26-22-41-88(98)92-62-70(69-114)52-61-99(92)115)67-102(96)117(104)108-81(71-30-11-7-12-31-71)43-28-44-82(108)72-32-13-8-14-33-72/h7-68H,1-6H3/i22D,26D,41D,51D,52D,61D,62D. The Morgan fingerprint density at radius 3 is 1.16 bits per heavy atom. The van der Waals surface area contributed by atoms with Crippen LogP contribution in [0.1, 0.15) is 90.1 Å². The number of aromatic nitrogens is 2. The SMILES string of the molecule is [2H]c1c([2H])c([2H])c2c(c1[2H])c1c([2H])c(C#N)c([2H])c([2H])c1n2-c1ccc2c(c1)N(c1c(-c3ccccc3)cccc1-c1ccccc1)c1cc(-c3cccc4c3C3(c5ccccc5-c5ccccc53)c3ccccc3-4)cc3c1B2c1ccc(-n2c4cc(C(C)(C)C)ccc4c4ccc(C(C)(C)C)cc42)cc1N3c1c(-c2ccccc2)cccc1-c1ccccc1. The van der Waals surface area contributed by atoms with Crippen LogP contribution in [0.5, 0.6) is 0 Å². The summed E-state index contributed by atoms with van der Waals surface area (Å²) in [5.74, 6) is 0. The molecule has 0 unspecified atom stereocenters. The number of fused-ring (bicyclic) bond motifs is 20. The van der Waals surface area contributed by atoms with Gasteiger partial charge in [0, 0.05) is 77.9 Å². The van der Waals surface area contributed by atoms with Gasteiger partial charge in [0.05, 0.1) is 60.1 Å². The van der Waals surface area contributed by atoms with E-state index in [-0.39, 0.29) is 38.2 Å². The fourth-order valence-corrected chi connectivity index (χ4v) is 20.3. The predicted molar refractivity (Wildman–Crippen MR) is 495 cm³/mol. The number of nitrogens with zero attached hydrogens (tertiary/aromatic N) is 5. The quantitative estimate of drug-likeness (QED) is 0.135. The molecule has 2 aliphatic carbocycles. The van der Waals surface area contributed by atoms with Gasteiger partial charge in [0.25, 0.3) is 6.71 Å². The highest BCUT2D eigenvalue weighted by atomic mass is 15.2. The highest BCUT2D eigenvalue weighted by Crippen LogP contribution is 2.65. The summed E-state index contributed by atoms with van der Waals surface area (Å²) < 4.78 is 72.3. The fourth-order valence-electron chi connectivity index (χ4n) is 20.3. The molecular formula is C112H80BN5. The molecule has 2 aromatic heterocycles. The molecule has 556 valence electrons. The zero-order chi connectivity index (χ0) is 85.1. The van der Waals surface area contributed by atoms with Gasteiger partial charge in [-0.15, -0.1) is 0 Å². The Kier molecular flexibility index (Phi) is 13.6. The van der Waals surface area contributed by atoms with Crippen LogP contribution in [-0.4, -0.2) is 15.8 Å². The third-order valence-corrected chi connectivity index (χ3v) is 25.5. The maximum absolute atomic E-state index is 10.8. The Bertz CT molecular complexity index is 7680. The molecule has 17 aromatic carbocycles. The van der Waals surface area contributed by atoms with E-state index in [1.165, 1.54) is 44.5 Å². The van der Waals surface area contributed by atoms with E-state index in [2.05, 4.69) is 383 Å². The smallest absolute Gasteiger partial charge is 0.252 e. The molecule has 0 amide bonds. The van der Waals surface area contributed by atoms with E-state index in [4.69, 9.17) is 0 Å². The minimum absolute atomic E-state index is 0.0117. The summed E-state index contributed by atoms with van der Waals surface area (Å²) in [4.78, 5) is 5.09. The molecule has 5 nitrogen and oxygen atoms in total. The van der Waals surface area contributed by atoms with Crippen molar-refractivity contribution < 1.29 is 9.60 Å². The van der Waals surface area contributed by atoms with E-state index < -0.39 is 54.4 Å². The van der Waals surface area contributed by atoms with E-state index in [0.29, 0.717) is 5.69 Å². The monoisotopic (exact) mass is 1510 g/mol. The lowest BCUT2D eigenvalue weighted by Crippen LogP contribution is -2.61. The third kappa shape index (κ3) is 10.1. The maximum Gasteiger partial charge on any atom is 0.252 e. The second-order valence-corrected chi connectivity index (χ2v) is 33.9. The molecule has 0 saturated carbocycles. The van der Waals surface area contributed by atoms with E-state index in [1.807, 2.05) is 12.1 Å². The van der Waals surface area contributed by atoms with E-state index >= 15 is 0 Å². The van der Waals surface area contributed by atoms with Gasteiger partial charge in [-0.05, 0) is 189 Å². The van der Waals surface area contributed by atoms with Gasteiger partial charge < -0.3 is 18.9 Å². The van der Waals surface area contributed by atoms with Crippen LogP contribution >= 0.6 is 0 Å². The Balaban J connectivity index is 0.936. The second kappa shape index (κ2) is 26.0. The highest BCUT2D eigenvalue weighted by molar-refractivity contribution is 7.00. The van der Waals surface area contributed by atoms with Gasteiger partial charge in [-0.3, -0.25) is 0 Å². The minimum atomic E-state index is -0.809. The Morgan fingerprint density at radius 1 is 0.322 bits per heavy atom. The van der Waals surface area contributed by atoms with Crippen LogP contribution in [0.15, 0.2) is 376 Å². The summed E-state index contributed by atoms with van der Waals surface area (Å²) in [7, 11) is 0. The van der Waals surface area contributed by atoms with Gasteiger partial charge in [-0.25, -0.2) is 0 Å². The highest BCUT2D eigenvalue weighted by Gasteiger charge is 2.54. The number of anilines is 6. The minimum Gasteiger partial charge on any atom is -0.310 e. The summed E-state index contributed by atoms with van der Waals surface area (Å²) in [5, 5.41) is 13.1. The Morgan fingerprint density at radius 2 is 0.712 bits per heavy atom. The van der Waals surface area contributed by atoms with Gasteiger partial charge in [-0.1, -0.05) is 345 Å². The molecule has 0 bridgehead atoms. The van der Waals surface area contributed by atoms with E-state index in [0.717, 1.165) is 145 Å². The Hall–Kier alpha value is -14.5. The zero-order valence-corrected chi connectivity index (χ0v) is 66.1. The molecule has 118 heavy (non-hydrogen) atoms. The zero-order valence-electron chi connectivity index (χ0n) is 73.1. The predicted octanol–water partition coefficient (Wildman–Crippen LogP) is 27.1. The van der Waals surface area contributed by atoms with Gasteiger partial charge in [-0.2, -0.15) is 5.26 Å². The topological polar surface area (TPSA) is 40.1 Å². The fraction of sp³-hybridized carbons (Fsp3) is 0.0804. The van der Waals surface area contributed by atoms with Crippen molar-refractivity contribution in [2.45, 2.75) is 57.8 Å². The molecule has 0 radical (unpaired) electrons. The first-order valence-corrected chi connectivity index (χ1v) is 40.7. The molecule has 19 aromatic rings. The van der Waals surface area contributed by atoms with Gasteiger partial charge in [0.15, 0.2) is 0 Å². The van der Waals surface area contributed by atoms with Crippen molar-refractivity contribution in [3.8, 4) is 95.3 Å². The first-order valence-electron chi connectivity index (χ1n) is 44.2. The lowest BCUT2D eigenvalue weighted by Gasteiger charge is -2.46. The van der Waals surface area contributed by atoms with Crippen molar-refractivity contribution in [3.63, 3.8) is 0 Å². The van der Waals surface area contributed by atoms with Crippen molar-refractivity contribution in [1.82, 2.24) is 9.13 Å². The first-order chi connectivity index (χ1) is 60.7. The molecule has 4 aliphatic rings. The molecule has 2 aliphatic heterocycles. The third-order valence-electron chi connectivity index (χ3n) is 25.5. The van der Waals surface area contributed by atoms with Crippen LogP contribution in [0.3, 0.4) is 0 Å². The number of rotatable bonds is 9. The average Bonchev–Trinajstić information content (AvgIpc) is 1.63. The average molecular weight is 1510 g/mol. The van der Waals surface area contributed by atoms with Crippen molar-refractivity contribution in [1.29, 1.82) is 5.26 Å². The summed E-state index contributed by atoms with van der Waals surface area (Å²) in [6.45, 7) is 13.1. The van der Waals surface area contributed by atoms with Crippen LogP contribution in [0.25, 0.3) is 133 Å². The lowest BCUT2D eigenvalue weighted by molar-refractivity contribution is 0.591. The summed E-state index contributed by atoms with van der Waals surface area (Å²) in [5.41, 5.74) is 31.9. The summed E-state index contributed by atoms with van der Waals surface area (Å²) >= 11 is 0. The molecule has 0 N–H and O–H groups in total. The van der Waals surface area contributed by atoms with Crippen molar-refractivity contribution in [2.24, 2.45) is 0 Å². The van der Waals surface area contributed by atoms with Crippen LogP contribution in [0, 0.1) is 11.3 Å². The lowest BCUT2D eigenvalue weighted by atomic mass is 9.33. The van der Waals surface area contributed by atoms with Crippen LogP contribution in [0.4, 0.5) is 34.1 Å². The summed E-state index contributed by atoms with van der Waals surface area (Å²) in [6.07, 6.45) is 0. The van der Waals surface area contributed by atoms with E-state index in [1.54, 1.807) is 4.57 Å². The molecule has 1 spiro atoms. The largest absolute Gasteiger partial charge is 0.310 e. The Labute approximate surface area is 698 Å². The molecule has 23 rings (SSSR count). The number of benzene rings is 17. The number of para-hydroxylation sites is 3. The maximum atomic E-state index is 10.8. The molecule has 0 saturated heterocycles. The van der Waals surface area contributed by atoms with Crippen LogP contribution in [0.2, 0.25) is 0 Å². The number of hydrogen-bond acceptors (Lipinski definition) is 3. The van der Waals surface area contributed by atoms with Crippen LogP contribution < -0.4 is 26.2 Å². The molecule has 4 heterocycles. The van der Waals surface area contributed by atoms with Crippen molar-refractivity contribution in [3.05, 3.63) is 415 Å². The summed E-state index contributed by atoms with van der Waals surface area (Å²) in [6, 6.07) is 121. The molecule has 0 atom stereocenters. The second-order valence-electron chi connectivity index (χ2n) is 33.9. The van der Waals surface area contributed by atoms with Crippen molar-refractivity contribution >= 4 is 101 Å². The first kappa shape index (κ1) is 61.9. The number of hydrogen-bond donors (Lipinski definition) is 0. The molecule has 6 heteroatoms. The van der Waals surface area contributed by atoms with Gasteiger partial charge in [0.1, 0.15) is 0 Å². The van der Waals surface area contributed by atoms with E-state index in [9.17, 15) is 14.9 Å². The van der Waals surface area contributed by atoms with Gasteiger partial charge in [0.2, 0.25) is 0 Å². The van der Waals surface area contributed by atoms with Gasteiger partial charge >= 0.3 is 0 Å².